The van der Waals surface area contributed by atoms with E-state index in [-0.39, 0.29) is 23.6 Å². The number of thioether (sulfide) groups is 1. The van der Waals surface area contributed by atoms with Crippen LogP contribution in [0.5, 0.6) is 5.75 Å². The number of anilines is 1. The third kappa shape index (κ3) is 5.92. The lowest BCUT2D eigenvalue weighted by atomic mass is 10.1. The van der Waals surface area contributed by atoms with E-state index < -0.39 is 0 Å². The summed E-state index contributed by atoms with van der Waals surface area (Å²) in [6.07, 6.45) is 0. The van der Waals surface area contributed by atoms with Gasteiger partial charge in [0.25, 0.3) is 5.91 Å². The number of ether oxygens (including phenoxy) is 1. The van der Waals surface area contributed by atoms with E-state index in [1.165, 1.54) is 11.8 Å². The maximum absolute atomic E-state index is 12.6. The summed E-state index contributed by atoms with van der Waals surface area (Å²) in [7, 11) is 1.58. The third-order valence-corrected chi connectivity index (χ3v) is 6.33. The van der Waals surface area contributed by atoms with Crippen molar-refractivity contribution in [3.63, 3.8) is 0 Å². The number of nitrogens with zero attached hydrogens (tertiary/aromatic N) is 3. The van der Waals surface area contributed by atoms with Crippen LogP contribution in [-0.4, -0.2) is 39.4 Å². The van der Waals surface area contributed by atoms with Gasteiger partial charge in [0.15, 0.2) is 11.0 Å². The van der Waals surface area contributed by atoms with Crippen LogP contribution in [0.2, 0.25) is 0 Å². The van der Waals surface area contributed by atoms with Gasteiger partial charge in [-0.2, -0.15) is 0 Å². The number of rotatable bonds is 9. The highest BCUT2D eigenvalue weighted by atomic mass is 32.2. The summed E-state index contributed by atoms with van der Waals surface area (Å²) in [4.78, 5) is 25.1. The predicted octanol–water partition coefficient (Wildman–Crippen LogP) is 4.15. The maximum Gasteiger partial charge on any atom is 0.251 e. The Hall–Kier alpha value is -3.33. The first kappa shape index (κ1) is 24.3. The lowest BCUT2D eigenvalue weighted by Gasteiger charge is -2.15. The number of hydrogen-bond acceptors (Lipinski definition) is 6. The van der Waals surface area contributed by atoms with Gasteiger partial charge in [0.1, 0.15) is 5.75 Å². The molecule has 33 heavy (non-hydrogen) atoms. The van der Waals surface area contributed by atoms with Gasteiger partial charge >= 0.3 is 0 Å². The van der Waals surface area contributed by atoms with Gasteiger partial charge in [-0.3, -0.25) is 9.59 Å². The molecule has 174 valence electrons. The van der Waals surface area contributed by atoms with Crippen LogP contribution in [0.1, 0.15) is 47.2 Å². The quantitative estimate of drug-likeness (QED) is 0.459. The third-order valence-electron chi connectivity index (χ3n) is 5.36. The van der Waals surface area contributed by atoms with Gasteiger partial charge in [0.05, 0.1) is 18.9 Å². The summed E-state index contributed by atoms with van der Waals surface area (Å²) in [5.41, 5.74) is 3.52. The fourth-order valence-electron chi connectivity index (χ4n) is 3.31. The number of aromatic nitrogens is 3. The highest BCUT2D eigenvalue weighted by Crippen LogP contribution is 2.23. The van der Waals surface area contributed by atoms with Crippen LogP contribution in [0.4, 0.5) is 5.69 Å². The van der Waals surface area contributed by atoms with Gasteiger partial charge in [0, 0.05) is 17.8 Å². The molecule has 0 spiro atoms. The van der Waals surface area contributed by atoms with E-state index in [9.17, 15) is 9.59 Å². The summed E-state index contributed by atoms with van der Waals surface area (Å²) in [5.74, 6) is 1.21. The Labute approximate surface area is 198 Å². The van der Waals surface area contributed by atoms with Crippen molar-refractivity contribution < 1.29 is 14.3 Å². The van der Waals surface area contributed by atoms with Crippen LogP contribution in [-0.2, 0) is 11.3 Å². The molecule has 0 bridgehead atoms. The first-order chi connectivity index (χ1) is 15.8. The topological polar surface area (TPSA) is 98.1 Å². The van der Waals surface area contributed by atoms with Crippen LogP contribution in [0, 0.1) is 13.8 Å². The number of methoxy groups -OCH3 is 1. The number of hydrogen-bond donors (Lipinski definition) is 2. The molecular formula is C24H29N5O3S. The molecule has 0 fully saturated rings. The molecule has 1 aromatic heterocycles. The molecule has 0 saturated heterocycles. The molecule has 1 atom stereocenters. The number of carbonyl (C=O) groups excluding carboxylic acids is 2. The molecule has 3 aromatic rings. The SMILES string of the molecule is CCn1c(SCC(=O)Nc2cccc(C)c2C)nnc1C(C)NC(=O)c1ccc(OC)cc1. The van der Waals surface area contributed by atoms with Crippen molar-refractivity contribution in [2.75, 3.05) is 18.2 Å². The van der Waals surface area contributed by atoms with Gasteiger partial charge in [-0.15, -0.1) is 10.2 Å². The van der Waals surface area contributed by atoms with Crippen molar-refractivity contribution in [1.29, 1.82) is 0 Å². The van der Waals surface area contributed by atoms with E-state index in [0.717, 1.165) is 16.8 Å². The van der Waals surface area contributed by atoms with E-state index in [2.05, 4.69) is 20.8 Å². The number of carbonyl (C=O) groups is 2. The molecular weight excluding hydrogens is 438 g/mol. The molecule has 2 N–H and O–H groups in total. The van der Waals surface area contributed by atoms with Crippen molar-refractivity contribution in [1.82, 2.24) is 20.1 Å². The Kier molecular flexibility index (Phi) is 8.11. The lowest BCUT2D eigenvalue weighted by Crippen LogP contribution is -2.28. The Morgan fingerprint density at radius 3 is 2.52 bits per heavy atom. The molecule has 0 saturated carbocycles. The summed E-state index contributed by atoms with van der Waals surface area (Å²) in [6.45, 7) is 8.45. The molecule has 2 amide bonds. The molecule has 0 radical (unpaired) electrons. The van der Waals surface area contributed by atoms with Gasteiger partial charge in [-0.1, -0.05) is 23.9 Å². The molecule has 3 rings (SSSR count). The van der Waals surface area contributed by atoms with Gasteiger partial charge in [-0.05, 0) is 69.2 Å². The number of aryl methyl sites for hydroxylation is 1. The smallest absolute Gasteiger partial charge is 0.251 e. The number of nitrogens with one attached hydrogen (secondary N) is 2. The molecule has 2 aromatic carbocycles. The van der Waals surface area contributed by atoms with Crippen LogP contribution < -0.4 is 15.4 Å². The van der Waals surface area contributed by atoms with Gasteiger partial charge in [-0.25, -0.2) is 0 Å². The van der Waals surface area contributed by atoms with Crippen molar-refractivity contribution in [3.8, 4) is 5.75 Å². The zero-order valence-electron chi connectivity index (χ0n) is 19.5. The van der Waals surface area contributed by atoms with Gasteiger partial charge in [0.2, 0.25) is 5.91 Å². The van der Waals surface area contributed by atoms with Crippen molar-refractivity contribution >= 4 is 29.3 Å². The first-order valence-corrected chi connectivity index (χ1v) is 11.7. The number of amides is 2. The molecule has 0 aliphatic carbocycles. The molecule has 1 heterocycles. The summed E-state index contributed by atoms with van der Waals surface area (Å²) >= 11 is 1.32. The first-order valence-electron chi connectivity index (χ1n) is 10.7. The van der Waals surface area contributed by atoms with E-state index in [1.54, 1.807) is 31.4 Å². The molecule has 1 unspecified atom stereocenters. The predicted molar refractivity (Wildman–Crippen MR) is 130 cm³/mol. The Morgan fingerprint density at radius 2 is 1.85 bits per heavy atom. The second kappa shape index (κ2) is 11.0. The standard InChI is InChI=1S/C24H29N5O3S/c1-6-29-22(17(4)25-23(31)18-10-12-19(32-5)13-11-18)27-28-24(29)33-14-21(30)26-20-9-7-8-15(2)16(20)3/h7-13,17H,6,14H2,1-5H3,(H,25,31)(H,26,30). The van der Waals surface area contributed by atoms with E-state index in [0.29, 0.717) is 28.8 Å². The second-order valence-electron chi connectivity index (χ2n) is 7.59. The minimum absolute atomic E-state index is 0.109. The molecule has 9 heteroatoms. The van der Waals surface area contributed by atoms with Crippen molar-refractivity contribution in [2.45, 2.75) is 45.4 Å². The van der Waals surface area contributed by atoms with Crippen LogP contribution in [0.25, 0.3) is 0 Å². The normalized spacial score (nSPS) is 11.7. The Bertz CT molecular complexity index is 1130. The summed E-state index contributed by atoms with van der Waals surface area (Å²) < 4.78 is 7.04. The van der Waals surface area contributed by atoms with Crippen LogP contribution in [0.3, 0.4) is 0 Å². The summed E-state index contributed by atoms with van der Waals surface area (Å²) in [5, 5.41) is 15.1. The maximum atomic E-state index is 12.6. The van der Waals surface area contributed by atoms with Crippen molar-refractivity contribution in [3.05, 3.63) is 65.0 Å². The monoisotopic (exact) mass is 467 g/mol. The van der Waals surface area contributed by atoms with Gasteiger partial charge < -0.3 is 19.9 Å². The average Bonchev–Trinajstić information content (AvgIpc) is 3.24. The van der Waals surface area contributed by atoms with Crippen LogP contribution >= 0.6 is 11.8 Å². The minimum Gasteiger partial charge on any atom is -0.497 e. The largest absolute Gasteiger partial charge is 0.497 e. The van der Waals surface area contributed by atoms with Crippen molar-refractivity contribution in [2.24, 2.45) is 0 Å². The highest BCUT2D eigenvalue weighted by Gasteiger charge is 2.20. The lowest BCUT2D eigenvalue weighted by molar-refractivity contribution is -0.113. The van der Waals surface area contributed by atoms with Crippen LogP contribution in [0.15, 0.2) is 47.6 Å². The Morgan fingerprint density at radius 1 is 1.12 bits per heavy atom. The summed E-state index contributed by atoms with van der Waals surface area (Å²) in [6, 6.07) is 12.4. The zero-order chi connectivity index (χ0) is 24.0. The molecule has 8 nitrogen and oxygen atoms in total. The second-order valence-corrected chi connectivity index (χ2v) is 8.54. The average molecular weight is 468 g/mol. The fourth-order valence-corrected chi connectivity index (χ4v) is 4.12. The highest BCUT2D eigenvalue weighted by molar-refractivity contribution is 7.99. The fraction of sp³-hybridized carbons (Fsp3) is 0.333. The Balaban J connectivity index is 1.63. The van der Waals surface area contributed by atoms with E-state index in [1.807, 2.05) is 50.5 Å². The molecule has 0 aliphatic rings. The number of benzene rings is 2. The zero-order valence-corrected chi connectivity index (χ0v) is 20.3. The molecule has 0 aliphatic heterocycles. The van der Waals surface area contributed by atoms with E-state index >= 15 is 0 Å². The minimum atomic E-state index is -0.356. The van der Waals surface area contributed by atoms with E-state index in [4.69, 9.17) is 4.74 Å².